The normalized spacial score (nSPS) is 10.7. The molecule has 25 heavy (non-hydrogen) atoms. The molecule has 0 aliphatic heterocycles. The number of ether oxygens (including phenoxy) is 1. The largest absolute Gasteiger partial charge is 0.479 e. The molecule has 0 bridgehead atoms. The van der Waals surface area contributed by atoms with E-state index in [0.717, 1.165) is 17.7 Å². The molecule has 1 amide bonds. The Kier molecular flexibility index (Phi) is 4.78. The highest BCUT2D eigenvalue weighted by molar-refractivity contribution is 5.92. The number of nitrogens with zero attached hydrogens (tertiary/aromatic N) is 2. The van der Waals surface area contributed by atoms with E-state index >= 15 is 0 Å². The summed E-state index contributed by atoms with van der Waals surface area (Å²) in [5.41, 5.74) is 0.900. The number of halogens is 2. The van der Waals surface area contributed by atoms with Crippen LogP contribution in [0.3, 0.4) is 0 Å². The van der Waals surface area contributed by atoms with Gasteiger partial charge in [0, 0.05) is 25.2 Å². The number of hydrogen-bond acceptors (Lipinski definition) is 5. The molecule has 0 saturated heterocycles. The first kappa shape index (κ1) is 16.7. The van der Waals surface area contributed by atoms with E-state index in [9.17, 15) is 13.6 Å². The minimum Gasteiger partial charge on any atom is -0.479 e. The predicted molar refractivity (Wildman–Crippen MR) is 81.7 cm³/mol. The van der Waals surface area contributed by atoms with Crippen molar-refractivity contribution < 1.29 is 27.3 Å². The molecule has 0 N–H and O–H groups in total. The maximum atomic E-state index is 13.5. The van der Waals surface area contributed by atoms with Crippen molar-refractivity contribution in [3.8, 4) is 5.75 Å². The third-order valence-corrected chi connectivity index (χ3v) is 3.40. The fraction of sp³-hybridized carbons (Fsp3) is 0.176. The van der Waals surface area contributed by atoms with Gasteiger partial charge < -0.3 is 18.6 Å². The second-order valence-corrected chi connectivity index (χ2v) is 5.31. The summed E-state index contributed by atoms with van der Waals surface area (Å²) in [4.78, 5) is 13.7. The summed E-state index contributed by atoms with van der Waals surface area (Å²) < 4.78 is 42.0. The highest BCUT2D eigenvalue weighted by Crippen LogP contribution is 2.22. The Balaban J connectivity index is 1.63. The van der Waals surface area contributed by atoms with Crippen molar-refractivity contribution in [3.63, 3.8) is 0 Å². The number of benzene rings is 1. The molecule has 0 fully saturated rings. The van der Waals surface area contributed by atoms with E-state index in [-0.39, 0.29) is 24.0 Å². The fourth-order valence-electron chi connectivity index (χ4n) is 2.17. The molecule has 2 heterocycles. The molecule has 6 nitrogen and oxygen atoms in total. The van der Waals surface area contributed by atoms with Crippen molar-refractivity contribution in [1.82, 2.24) is 10.1 Å². The van der Waals surface area contributed by atoms with Gasteiger partial charge in [-0.3, -0.25) is 4.79 Å². The minimum atomic E-state index is -0.823. The average Bonchev–Trinajstić information content (AvgIpc) is 3.25. The van der Waals surface area contributed by atoms with E-state index in [2.05, 4.69) is 5.16 Å². The van der Waals surface area contributed by atoms with Crippen LogP contribution in [-0.4, -0.2) is 23.0 Å². The van der Waals surface area contributed by atoms with Gasteiger partial charge in [-0.05, 0) is 18.2 Å². The lowest BCUT2D eigenvalue weighted by Gasteiger charge is -2.13. The van der Waals surface area contributed by atoms with Crippen molar-refractivity contribution >= 4 is 5.91 Å². The second kappa shape index (κ2) is 7.16. The Morgan fingerprint density at radius 1 is 1.28 bits per heavy atom. The maximum Gasteiger partial charge on any atom is 0.276 e. The predicted octanol–water partition coefficient (Wildman–Crippen LogP) is 3.40. The lowest BCUT2D eigenvalue weighted by atomic mass is 10.3. The van der Waals surface area contributed by atoms with Crippen molar-refractivity contribution in [2.24, 2.45) is 0 Å². The van der Waals surface area contributed by atoms with Crippen LogP contribution in [0.5, 0.6) is 5.75 Å². The third-order valence-electron chi connectivity index (χ3n) is 3.40. The standard InChI is InChI=1S/C17H14F2N2O4/c1-21(8-11-5-6-23-9-11)17(22)15-7-12(25-20-15)10-24-16-13(18)3-2-4-14(16)19/h2-7,9H,8,10H2,1H3. The van der Waals surface area contributed by atoms with Crippen LogP contribution < -0.4 is 4.74 Å². The molecular weight excluding hydrogens is 334 g/mol. The van der Waals surface area contributed by atoms with E-state index in [1.54, 1.807) is 13.1 Å². The van der Waals surface area contributed by atoms with Crippen LogP contribution in [0.25, 0.3) is 0 Å². The van der Waals surface area contributed by atoms with E-state index in [1.807, 2.05) is 0 Å². The molecule has 2 aromatic heterocycles. The topological polar surface area (TPSA) is 68.7 Å². The van der Waals surface area contributed by atoms with Gasteiger partial charge >= 0.3 is 0 Å². The van der Waals surface area contributed by atoms with E-state index < -0.39 is 17.4 Å². The van der Waals surface area contributed by atoms with Crippen LogP contribution in [0, 0.1) is 11.6 Å². The molecular formula is C17H14F2N2O4. The van der Waals surface area contributed by atoms with Gasteiger partial charge in [0.15, 0.2) is 28.8 Å². The smallest absolute Gasteiger partial charge is 0.276 e. The lowest BCUT2D eigenvalue weighted by molar-refractivity contribution is 0.0774. The van der Waals surface area contributed by atoms with Gasteiger partial charge in [0.2, 0.25) is 0 Å². The summed E-state index contributed by atoms with van der Waals surface area (Å²) >= 11 is 0. The van der Waals surface area contributed by atoms with Crippen LogP contribution in [0.4, 0.5) is 8.78 Å². The van der Waals surface area contributed by atoms with Crippen LogP contribution in [0.1, 0.15) is 21.8 Å². The summed E-state index contributed by atoms with van der Waals surface area (Å²) in [5, 5.41) is 3.67. The van der Waals surface area contributed by atoms with Gasteiger partial charge in [0.1, 0.15) is 6.61 Å². The molecule has 0 aliphatic carbocycles. The monoisotopic (exact) mass is 348 g/mol. The Bertz CT molecular complexity index is 841. The van der Waals surface area contributed by atoms with Crippen LogP contribution in [0.2, 0.25) is 0 Å². The number of amides is 1. The van der Waals surface area contributed by atoms with E-state index in [1.165, 1.54) is 29.6 Å². The first-order valence-corrected chi connectivity index (χ1v) is 7.33. The van der Waals surface area contributed by atoms with Gasteiger partial charge in [0.05, 0.1) is 12.5 Å². The Morgan fingerprint density at radius 2 is 2.04 bits per heavy atom. The van der Waals surface area contributed by atoms with E-state index in [4.69, 9.17) is 13.7 Å². The first-order chi connectivity index (χ1) is 12.0. The summed E-state index contributed by atoms with van der Waals surface area (Å²) in [6.45, 7) is 0.0814. The molecule has 3 aromatic rings. The third kappa shape index (κ3) is 3.85. The number of furan rings is 1. The summed E-state index contributed by atoms with van der Waals surface area (Å²) in [5.74, 6) is -2.36. The molecule has 1 aromatic carbocycles. The molecule has 0 atom stereocenters. The minimum absolute atomic E-state index is 0.0681. The van der Waals surface area contributed by atoms with Gasteiger partial charge in [-0.2, -0.15) is 0 Å². The van der Waals surface area contributed by atoms with Crippen molar-refractivity contribution in [1.29, 1.82) is 0 Å². The zero-order valence-corrected chi connectivity index (χ0v) is 13.2. The summed E-state index contributed by atoms with van der Waals surface area (Å²) in [6.07, 6.45) is 3.05. The molecule has 0 saturated carbocycles. The number of rotatable bonds is 6. The van der Waals surface area contributed by atoms with Crippen LogP contribution >= 0.6 is 0 Å². The van der Waals surface area contributed by atoms with Crippen LogP contribution in [0.15, 0.2) is 51.8 Å². The van der Waals surface area contributed by atoms with Crippen molar-refractivity contribution in [2.45, 2.75) is 13.2 Å². The highest BCUT2D eigenvalue weighted by atomic mass is 19.1. The first-order valence-electron chi connectivity index (χ1n) is 7.33. The number of aromatic nitrogens is 1. The number of carbonyl (C=O) groups excluding carboxylic acids is 1. The molecule has 0 unspecified atom stereocenters. The molecule has 3 rings (SSSR count). The molecule has 0 aliphatic rings. The molecule has 130 valence electrons. The quantitative estimate of drug-likeness (QED) is 0.683. The molecule has 0 radical (unpaired) electrons. The number of carbonyl (C=O) groups is 1. The Morgan fingerprint density at radius 3 is 2.72 bits per heavy atom. The van der Waals surface area contributed by atoms with Crippen molar-refractivity contribution in [2.75, 3.05) is 7.05 Å². The molecule has 8 heteroatoms. The van der Waals surface area contributed by atoms with E-state index in [0.29, 0.717) is 6.54 Å². The zero-order chi connectivity index (χ0) is 17.8. The SMILES string of the molecule is CN(Cc1ccoc1)C(=O)c1cc(COc2c(F)cccc2F)on1. The number of para-hydroxylation sites is 1. The summed E-state index contributed by atoms with van der Waals surface area (Å²) in [7, 11) is 1.61. The van der Waals surface area contributed by atoms with Gasteiger partial charge in [-0.1, -0.05) is 11.2 Å². The zero-order valence-electron chi connectivity index (χ0n) is 13.2. The Hall–Kier alpha value is -3.16. The Labute approximate surface area is 141 Å². The fourth-order valence-corrected chi connectivity index (χ4v) is 2.17. The molecule has 0 spiro atoms. The highest BCUT2D eigenvalue weighted by Gasteiger charge is 2.18. The summed E-state index contributed by atoms with van der Waals surface area (Å²) in [6, 6.07) is 6.51. The lowest BCUT2D eigenvalue weighted by Crippen LogP contribution is -2.26. The van der Waals surface area contributed by atoms with Gasteiger partial charge in [-0.25, -0.2) is 8.78 Å². The van der Waals surface area contributed by atoms with Crippen molar-refractivity contribution in [3.05, 3.63) is 71.5 Å². The average molecular weight is 348 g/mol. The van der Waals surface area contributed by atoms with Gasteiger partial charge in [0.25, 0.3) is 5.91 Å². The number of hydrogen-bond donors (Lipinski definition) is 0. The van der Waals surface area contributed by atoms with Crippen LogP contribution in [-0.2, 0) is 13.2 Å². The second-order valence-electron chi connectivity index (χ2n) is 5.31. The maximum absolute atomic E-state index is 13.5. The van der Waals surface area contributed by atoms with Gasteiger partial charge in [-0.15, -0.1) is 0 Å².